The average molecular weight is 163 g/mol. The molecule has 0 aromatic carbocycles. The van der Waals surface area contributed by atoms with Crippen LogP contribution >= 0.6 is 11.8 Å². The second kappa shape index (κ2) is 5.22. The molecule has 0 saturated heterocycles. The predicted octanol–water partition coefficient (Wildman–Crippen LogP) is 0.959. The highest BCUT2D eigenvalue weighted by atomic mass is 32.2. The van der Waals surface area contributed by atoms with Gasteiger partial charge in [0.1, 0.15) is 0 Å². The first-order chi connectivity index (χ1) is 4.72. The zero-order valence-corrected chi connectivity index (χ0v) is 6.43. The van der Waals surface area contributed by atoms with Gasteiger partial charge < -0.3 is 5.11 Å². The second-order valence-electron chi connectivity index (χ2n) is 1.74. The molecule has 0 spiro atoms. The van der Waals surface area contributed by atoms with E-state index in [1.807, 2.05) is 6.26 Å². The Kier molecular flexibility index (Phi) is 4.92. The molecule has 58 valence electrons. The van der Waals surface area contributed by atoms with Gasteiger partial charge in [0.25, 0.3) is 0 Å². The minimum Gasteiger partial charge on any atom is -0.480 e. The lowest BCUT2D eigenvalue weighted by molar-refractivity contribution is -0.138. The highest BCUT2D eigenvalue weighted by molar-refractivity contribution is 7.98. The zero-order chi connectivity index (χ0) is 7.98. The number of rotatable bonds is 5. The fourth-order valence-electron chi connectivity index (χ4n) is 0.451. The summed E-state index contributed by atoms with van der Waals surface area (Å²) in [5.41, 5.74) is 0. The standard InChI is InChI=1S/C5H9NO3S/c1-10-3-2-4(6-9)5(7)8/h4H,2-3H2,1H3,(H,7,8). The first-order valence-corrected chi connectivity index (χ1v) is 4.16. The summed E-state index contributed by atoms with van der Waals surface area (Å²) in [6.07, 6.45) is 2.17. The van der Waals surface area contributed by atoms with Crippen LogP contribution in [-0.4, -0.2) is 29.1 Å². The first-order valence-electron chi connectivity index (χ1n) is 2.76. The van der Waals surface area contributed by atoms with E-state index in [4.69, 9.17) is 5.11 Å². The Bertz CT molecular complexity index is 128. The number of hydrogen-bond acceptors (Lipinski definition) is 4. The second-order valence-corrected chi connectivity index (χ2v) is 2.73. The highest BCUT2D eigenvalue weighted by Gasteiger charge is 2.16. The van der Waals surface area contributed by atoms with E-state index in [0.717, 1.165) is 0 Å². The Labute approximate surface area is 63.0 Å². The van der Waals surface area contributed by atoms with E-state index in [1.165, 1.54) is 11.8 Å². The minimum absolute atomic E-state index is 0.319. The van der Waals surface area contributed by atoms with Gasteiger partial charge in [-0.1, -0.05) is 5.18 Å². The first kappa shape index (κ1) is 9.42. The molecule has 4 nitrogen and oxygen atoms in total. The number of aliphatic carboxylic acids is 1. The molecule has 0 aromatic heterocycles. The number of carbonyl (C=O) groups is 1. The molecule has 1 atom stereocenters. The maximum atomic E-state index is 10.1. The van der Waals surface area contributed by atoms with Crippen molar-refractivity contribution in [1.82, 2.24) is 0 Å². The summed E-state index contributed by atoms with van der Waals surface area (Å²) in [6, 6.07) is -1.06. The molecule has 10 heavy (non-hydrogen) atoms. The van der Waals surface area contributed by atoms with Gasteiger partial charge in [0, 0.05) is 0 Å². The van der Waals surface area contributed by atoms with E-state index in [-0.39, 0.29) is 0 Å². The van der Waals surface area contributed by atoms with Crippen LogP contribution in [0.4, 0.5) is 0 Å². The molecule has 0 rings (SSSR count). The minimum atomic E-state index is -1.14. The Morgan fingerprint density at radius 2 is 2.40 bits per heavy atom. The third kappa shape index (κ3) is 3.45. The van der Waals surface area contributed by atoms with Crippen LogP contribution < -0.4 is 0 Å². The fourth-order valence-corrected chi connectivity index (χ4v) is 0.910. The van der Waals surface area contributed by atoms with Crippen molar-refractivity contribution in [2.24, 2.45) is 5.18 Å². The maximum absolute atomic E-state index is 10.1. The van der Waals surface area contributed by atoms with E-state index >= 15 is 0 Å². The summed E-state index contributed by atoms with van der Waals surface area (Å²) >= 11 is 1.50. The molecule has 0 heterocycles. The Morgan fingerprint density at radius 1 is 1.80 bits per heavy atom. The van der Waals surface area contributed by atoms with E-state index in [0.29, 0.717) is 12.2 Å². The van der Waals surface area contributed by atoms with Crippen LogP contribution in [-0.2, 0) is 4.79 Å². The summed E-state index contributed by atoms with van der Waals surface area (Å²) in [7, 11) is 0. The van der Waals surface area contributed by atoms with Crippen LogP contribution in [0.1, 0.15) is 6.42 Å². The third-order valence-electron chi connectivity index (χ3n) is 1.01. The Hall–Kier alpha value is -0.580. The number of carboxylic acids is 1. The molecule has 0 radical (unpaired) electrons. The summed E-state index contributed by atoms with van der Waals surface area (Å²) in [5, 5.41) is 10.8. The van der Waals surface area contributed by atoms with Crippen molar-refractivity contribution in [3.05, 3.63) is 4.91 Å². The van der Waals surface area contributed by atoms with E-state index in [1.54, 1.807) is 0 Å². The summed E-state index contributed by atoms with van der Waals surface area (Å²) < 4.78 is 0. The molecular formula is C5H9NO3S. The average Bonchev–Trinajstić information content (AvgIpc) is 1.89. The van der Waals surface area contributed by atoms with Gasteiger partial charge in [0.2, 0.25) is 0 Å². The molecule has 5 heteroatoms. The van der Waals surface area contributed by atoms with Crippen LogP contribution in [0.3, 0.4) is 0 Å². The molecule has 0 aromatic rings. The SMILES string of the molecule is CSCCC(N=O)C(=O)O. The smallest absolute Gasteiger partial charge is 0.332 e. The van der Waals surface area contributed by atoms with Gasteiger partial charge in [-0.25, -0.2) is 4.79 Å². The van der Waals surface area contributed by atoms with Crippen LogP contribution in [0.15, 0.2) is 5.18 Å². The molecule has 0 aliphatic heterocycles. The van der Waals surface area contributed by atoms with E-state index in [9.17, 15) is 9.70 Å². The maximum Gasteiger partial charge on any atom is 0.332 e. The normalized spacial score (nSPS) is 12.5. The Morgan fingerprint density at radius 3 is 2.70 bits per heavy atom. The molecule has 0 aliphatic carbocycles. The summed E-state index contributed by atoms with van der Waals surface area (Å²) in [4.78, 5) is 19.9. The van der Waals surface area contributed by atoms with Crippen molar-refractivity contribution in [2.45, 2.75) is 12.5 Å². The molecule has 1 N–H and O–H groups in total. The van der Waals surface area contributed by atoms with Crippen molar-refractivity contribution >= 4 is 17.7 Å². The largest absolute Gasteiger partial charge is 0.480 e. The van der Waals surface area contributed by atoms with Gasteiger partial charge in [0.15, 0.2) is 6.04 Å². The van der Waals surface area contributed by atoms with Gasteiger partial charge in [-0.3, -0.25) is 0 Å². The lowest BCUT2D eigenvalue weighted by Gasteiger charge is -1.99. The molecule has 0 aliphatic rings. The molecular weight excluding hydrogens is 154 g/mol. The van der Waals surface area contributed by atoms with Gasteiger partial charge in [0.05, 0.1) is 0 Å². The summed E-state index contributed by atoms with van der Waals surface area (Å²) in [6.45, 7) is 0. The molecule has 0 amide bonds. The zero-order valence-electron chi connectivity index (χ0n) is 5.61. The highest BCUT2D eigenvalue weighted by Crippen LogP contribution is 2.03. The van der Waals surface area contributed by atoms with E-state index in [2.05, 4.69) is 5.18 Å². The molecule has 1 unspecified atom stereocenters. The Balaban J connectivity index is 3.60. The van der Waals surface area contributed by atoms with Crippen LogP contribution in [0.5, 0.6) is 0 Å². The molecule has 0 bridgehead atoms. The monoisotopic (exact) mass is 163 g/mol. The number of nitrogens with zero attached hydrogens (tertiary/aromatic N) is 1. The molecule has 0 saturated carbocycles. The number of thioether (sulfide) groups is 1. The van der Waals surface area contributed by atoms with Crippen molar-refractivity contribution in [2.75, 3.05) is 12.0 Å². The predicted molar refractivity (Wildman–Crippen MR) is 40.2 cm³/mol. The van der Waals surface area contributed by atoms with Crippen LogP contribution in [0.2, 0.25) is 0 Å². The van der Waals surface area contributed by atoms with Crippen LogP contribution in [0, 0.1) is 4.91 Å². The quantitative estimate of drug-likeness (QED) is 0.613. The van der Waals surface area contributed by atoms with Crippen LogP contribution in [0.25, 0.3) is 0 Å². The topological polar surface area (TPSA) is 66.7 Å². The summed E-state index contributed by atoms with van der Waals surface area (Å²) in [5.74, 6) is -0.480. The van der Waals surface area contributed by atoms with Crippen molar-refractivity contribution in [1.29, 1.82) is 0 Å². The van der Waals surface area contributed by atoms with Gasteiger partial charge in [-0.15, -0.1) is 4.91 Å². The van der Waals surface area contributed by atoms with Gasteiger partial charge in [-0.2, -0.15) is 11.8 Å². The number of hydrogen-bond donors (Lipinski definition) is 1. The van der Waals surface area contributed by atoms with Crippen molar-refractivity contribution in [3.8, 4) is 0 Å². The lowest BCUT2D eigenvalue weighted by atomic mass is 10.2. The number of nitroso groups, excluding NO2 is 1. The third-order valence-corrected chi connectivity index (χ3v) is 1.65. The molecule has 0 fully saturated rings. The van der Waals surface area contributed by atoms with E-state index < -0.39 is 12.0 Å². The van der Waals surface area contributed by atoms with Crippen molar-refractivity contribution in [3.63, 3.8) is 0 Å². The van der Waals surface area contributed by atoms with Crippen molar-refractivity contribution < 1.29 is 9.90 Å². The van der Waals surface area contributed by atoms with Gasteiger partial charge in [-0.05, 0) is 18.4 Å². The number of carboxylic acid groups (broad SMARTS) is 1. The fraction of sp³-hybridized carbons (Fsp3) is 0.800. The lowest BCUT2D eigenvalue weighted by Crippen LogP contribution is -2.17. The van der Waals surface area contributed by atoms with Gasteiger partial charge >= 0.3 is 5.97 Å².